The summed E-state index contributed by atoms with van der Waals surface area (Å²) in [5.41, 5.74) is -0.147. The van der Waals surface area contributed by atoms with Crippen molar-refractivity contribution in [3.63, 3.8) is 0 Å². The summed E-state index contributed by atoms with van der Waals surface area (Å²) in [6.07, 6.45) is 0. The number of rotatable bonds is 5. The minimum absolute atomic E-state index is 0.197. The van der Waals surface area contributed by atoms with E-state index in [1.54, 1.807) is 36.4 Å². The van der Waals surface area contributed by atoms with Gasteiger partial charge in [0.25, 0.3) is 5.56 Å². The second kappa shape index (κ2) is 7.17. The Balaban J connectivity index is 2.04. The third-order valence-corrected chi connectivity index (χ3v) is 4.40. The molecule has 6 nitrogen and oxygen atoms in total. The number of Topliss-reactive ketones (excluding diaryl/α,β-unsaturated/α-hetero) is 1. The van der Waals surface area contributed by atoms with Crippen LogP contribution in [0.5, 0.6) is 5.75 Å². The summed E-state index contributed by atoms with van der Waals surface area (Å²) in [7, 11) is 1.39. The van der Waals surface area contributed by atoms with Crippen LogP contribution in [0.4, 0.5) is 0 Å². The van der Waals surface area contributed by atoms with Crippen molar-refractivity contribution in [1.82, 2.24) is 9.13 Å². The summed E-state index contributed by atoms with van der Waals surface area (Å²) in [6, 6.07) is 11.5. The van der Waals surface area contributed by atoms with E-state index in [-0.39, 0.29) is 12.3 Å². The summed E-state index contributed by atoms with van der Waals surface area (Å²) in [4.78, 5) is 37.4. The molecule has 134 valence electrons. The van der Waals surface area contributed by atoms with Gasteiger partial charge in [-0.05, 0) is 37.3 Å². The first kappa shape index (κ1) is 17.9. The SMILES string of the molecule is CCOc1ccc(C(=O)Cn2c(=O)n(C)c(=O)c3ccccc32)cc1Cl. The summed E-state index contributed by atoms with van der Waals surface area (Å²) >= 11 is 6.14. The average molecular weight is 373 g/mol. The van der Waals surface area contributed by atoms with E-state index in [0.29, 0.717) is 33.8 Å². The molecule has 0 aliphatic carbocycles. The highest BCUT2D eigenvalue weighted by Crippen LogP contribution is 2.25. The van der Waals surface area contributed by atoms with Crippen LogP contribution in [-0.2, 0) is 13.6 Å². The highest BCUT2D eigenvalue weighted by molar-refractivity contribution is 6.32. The smallest absolute Gasteiger partial charge is 0.331 e. The van der Waals surface area contributed by atoms with Crippen molar-refractivity contribution in [2.24, 2.45) is 7.05 Å². The Morgan fingerprint density at radius 2 is 1.88 bits per heavy atom. The van der Waals surface area contributed by atoms with Gasteiger partial charge in [0, 0.05) is 12.6 Å². The minimum atomic E-state index is -0.543. The molecule has 3 aromatic rings. The van der Waals surface area contributed by atoms with Crippen molar-refractivity contribution < 1.29 is 9.53 Å². The summed E-state index contributed by atoms with van der Waals surface area (Å²) < 4.78 is 7.65. The topological polar surface area (TPSA) is 70.3 Å². The lowest BCUT2D eigenvalue weighted by molar-refractivity contribution is 0.0971. The zero-order valence-corrected chi connectivity index (χ0v) is 15.1. The van der Waals surface area contributed by atoms with Crippen molar-refractivity contribution in [2.45, 2.75) is 13.5 Å². The maximum Gasteiger partial charge on any atom is 0.331 e. The molecule has 0 aliphatic rings. The number of hydrogen-bond donors (Lipinski definition) is 0. The molecule has 2 aromatic carbocycles. The second-order valence-corrected chi connectivity index (χ2v) is 6.16. The van der Waals surface area contributed by atoms with Crippen LogP contribution >= 0.6 is 11.6 Å². The maximum absolute atomic E-state index is 12.7. The fourth-order valence-electron chi connectivity index (χ4n) is 2.78. The van der Waals surface area contributed by atoms with E-state index in [1.165, 1.54) is 17.7 Å². The van der Waals surface area contributed by atoms with Gasteiger partial charge < -0.3 is 4.74 Å². The number of carbonyl (C=O) groups excluding carboxylic acids is 1. The number of nitrogens with zero attached hydrogens (tertiary/aromatic N) is 2. The number of benzene rings is 2. The summed E-state index contributed by atoms with van der Waals surface area (Å²) in [6.45, 7) is 2.11. The van der Waals surface area contributed by atoms with Gasteiger partial charge in [-0.15, -0.1) is 0 Å². The maximum atomic E-state index is 12.7. The van der Waals surface area contributed by atoms with Gasteiger partial charge in [0.15, 0.2) is 5.78 Å². The number of ether oxygens (including phenoxy) is 1. The molecule has 26 heavy (non-hydrogen) atoms. The molecule has 0 fully saturated rings. The standard InChI is InChI=1S/C19H17ClN2O4/c1-3-26-17-9-8-12(10-14(17)20)16(23)11-22-15-7-5-4-6-13(15)18(24)21(2)19(22)25/h4-10H,3,11H2,1-2H3. The molecule has 1 heterocycles. The molecular formula is C19H17ClN2O4. The van der Waals surface area contributed by atoms with Crippen molar-refractivity contribution in [3.8, 4) is 5.75 Å². The van der Waals surface area contributed by atoms with Crippen LogP contribution in [0, 0.1) is 0 Å². The zero-order valence-electron chi connectivity index (χ0n) is 14.4. The van der Waals surface area contributed by atoms with E-state index in [9.17, 15) is 14.4 Å². The molecule has 0 bridgehead atoms. The van der Waals surface area contributed by atoms with Crippen LogP contribution in [0.1, 0.15) is 17.3 Å². The largest absolute Gasteiger partial charge is 0.492 e. The third-order valence-electron chi connectivity index (χ3n) is 4.10. The number of aromatic nitrogens is 2. The van der Waals surface area contributed by atoms with Crippen LogP contribution in [0.25, 0.3) is 10.9 Å². The molecule has 0 saturated heterocycles. The van der Waals surface area contributed by atoms with Crippen molar-refractivity contribution in [2.75, 3.05) is 6.61 Å². The van der Waals surface area contributed by atoms with Gasteiger partial charge in [-0.1, -0.05) is 23.7 Å². The summed E-state index contributed by atoms with van der Waals surface area (Å²) in [5, 5.41) is 0.711. The van der Waals surface area contributed by atoms with Gasteiger partial charge >= 0.3 is 5.69 Å². The van der Waals surface area contributed by atoms with Crippen LogP contribution in [0.3, 0.4) is 0 Å². The fraction of sp³-hybridized carbons (Fsp3) is 0.211. The molecule has 7 heteroatoms. The Morgan fingerprint density at radius 3 is 2.58 bits per heavy atom. The molecule has 0 unspecified atom stereocenters. The van der Waals surface area contributed by atoms with Gasteiger partial charge in [0.05, 0.1) is 29.1 Å². The van der Waals surface area contributed by atoms with Crippen LogP contribution in [0.15, 0.2) is 52.1 Å². The van der Waals surface area contributed by atoms with Gasteiger partial charge in [-0.2, -0.15) is 0 Å². The molecule has 0 aliphatic heterocycles. The van der Waals surface area contributed by atoms with Gasteiger partial charge in [0.2, 0.25) is 0 Å². The van der Waals surface area contributed by atoms with Gasteiger partial charge in [-0.25, -0.2) is 4.79 Å². The molecular weight excluding hydrogens is 356 g/mol. The van der Waals surface area contributed by atoms with E-state index >= 15 is 0 Å². The monoisotopic (exact) mass is 372 g/mol. The number of para-hydroxylation sites is 1. The Hall–Kier alpha value is -2.86. The quantitative estimate of drug-likeness (QED) is 0.645. The Morgan fingerprint density at radius 1 is 1.15 bits per heavy atom. The van der Waals surface area contributed by atoms with E-state index < -0.39 is 11.2 Å². The first-order valence-corrected chi connectivity index (χ1v) is 8.46. The van der Waals surface area contributed by atoms with Gasteiger partial charge in [-0.3, -0.25) is 18.7 Å². The van der Waals surface area contributed by atoms with Crippen LogP contribution < -0.4 is 16.0 Å². The second-order valence-electron chi connectivity index (χ2n) is 5.75. The first-order chi connectivity index (χ1) is 12.4. The lowest BCUT2D eigenvalue weighted by Gasteiger charge is -2.12. The molecule has 0 radical (unpaired) electrons. The van der Waals surface area contributed by atoms with E-state index in [4.69, 9.17) is 16.3 Å². The molecule has 0 atom stereocenters. The van der Waals surface area contributed by atoms with Crippen molar-refractivity contribution >= 4 is 28.3 Å². The van der Waals surface area contributed by atoms with Crippen LogP contribution in [0.2, 0.25) is 5.02 Å². The zero-order chi connectivity index (χ0) is 18.8. The highest BCUT2D eigenvalue weighted by Gasteiger charge is 2.15. The number of fused-ring (bicyclic) bond motifs is 1. The lowest BCUT2D eigenvalue weighted by atomic mass is 10.1. The lowest BCUT2D eigenvalue weighted by Crippen LogP contribution is -2.39. The Labute approximate surface area is 154 Å². The number of halogens is 1. The fourth-order valence-corrected chi connectivity index (χ4v) is 3.01. The number of hydrogen-bond acceptors (Lipinski definition) is 4. The molecule has 0 N–H and O–H groups in total. The van der Waals surface area contributed by atoms with Crippen molar-refractivity contribution in [1.29, 1.82) is 0 Å². The summed E-state index contributed by atoms with van der Waals surface area (Å²) in [5.74, 6) is 0.205. The molecule has 0 amide bonds. The van der Waals surface area contributed by atoms with Crippen molar-refractivity contribution in [3.05, 3.63) is 73.9 Å². The number of ketones is 1. The molecule has 1 aromatic heterocycles. The first-order valence-electron chi connectivity index (χ1n) is 8.08. The average Bonchev–Trinajstić information content (AvgIpc) is 2.65. The van der Waals surface area contributed by atoms with E-state index in [2.05, 4.69) is 0 Å². The normalized spacial score (nSPS) is 10.9. The minimum Gasteiger partial charge on any atom is -0.492 e. The Bertz CT molecular complexity index is 1110. The Kier molecular flexibility index (Phi) is 4.95. The van der Waals surface area contributed by atoms with Crippen LogP contribution in [-0.4, -0.2) is 21.5 Å². The molecule has 0 spiro atoms. The van der Waals surface area contributed by atoms with Gasteiger partial charge in [0.1, 0.15) is 5.75 Å². The predicted molar refractivity (Wildman–Crippen MR) is 100 cm³/mol. The van der Waals surface area contributed by atoms with E-state index in [1.807, 2.05) is 6.92 Å². The third kappa shape index (κ3) is 3.15. The number of carbonyl (C=O) groups is 1. The molecule has 3 rings (SSSR count). The molecule has 0 saturated carbocycles. The van der Waals surface area contributed by atoms with E-state index in [0.717, 1.165) is 4.57 Å². The highest BCUT2D eigenvalue weighted by atomic mass is 35.5. The predicted octanol–water partition coefficient (Wildman–Crippen LogP) is 2.64.